The van der Waals surface area contributed by atoms with Gasteiger partial charge in [0.2, 0.25) is 5.91 Å². The summed E-state index contributed by atoms with van der Waals surface area (Å²) in [5, 5.41) is 11.8. The van der Waals surface area contributed by atoms with E-state index >= 15 is 0 Å². The molecule has 1 aliphatic rings. The van der Waals surface area contributed by atoms with Crippen LogP contribution >= 0.6 is 11.3 Å². The number of aromatic nitrogens is 1. The fourth-order valence-electron chi connectivity index (χ4n) is 3.54. The van der Waals surface area contributed by atoms with E-state index in [0.717, 1.165) is 29.2 Å². The lowest BCUT2D eigenvalue weighted by Gasteiger charge is -2.34. The minimum atomic E-state index is -0.0425. The molecular weight excluding hydrogens is 360 g/mol. The lowest BCUT2D eigenvalue weighted by atomic mass is 9.93. The SMILES string of the molecule is CCC(=O)N(Cc1ccc(OCc2nc(CO)cs2)cc1)C1CCCCC1. The van der Waals surface area contributed by atoms with Crippen molar-refractivity contribution in [3.8, 4) is 5.75 Å². The number of benzene rings is 1. The second-order valence-corrected chi connectivity index (χ2v) is 7.93. The van der Waals surface area contributed by atoms with Crippen LogP contribution in [0.1, 0.15) is 61.7 Å². The Balaban J connectivity index is 1.58. The van der Waals surface area contributed by atoms with E-state index in [0.29, 0.717) is 31.3 Å². The van der Waals surface area contributed by atoms with Crippen molar-refractivity contribution in [1.29, 1.82) is 0 Å². The van der Waals surface area contributed by atoms with Gasteiger partial charge in [-0.25, -0.2) is 4.98 Å². The molecule has 27 heavy (non-hydrogen) atoms. The first-order valence-electron chi connectivity index (χ1n) is 9.75. The van der Waals surface area contributed by atoms with Crippen LogP contribution in [-0.2, 0) is 24.6 Å². The molecule has 1 amide bonds. The van der Waals surface area contributed by atoms with E-state index < -0.39 is 0 Å². The summed E-state index contributed by atoms with van der Waals surface area (Å²) >= 11 is 1.49. The van der Waals surface area contributed by atoms with Crippen LogP contribution in [0.4, 0.5) is 0 Å². The van der Waals surface area contributed by atoms with Gasteiger partial charge >= 0.3 is 0 Å². The van der Waals surface area contributed by atoms with E-state index in [2.05, 4.69) is 9.88 Å². The number of aliphatic hydroxyl groups is 1. The first-order valence-corrected chi connectivity index (χ1v) is 10.6. The predicted octanol–water partition coefficient (Wildman–Crippen LogP) is 4.29. The molecule has 0 bridgehead atoms. The normalized spacial score (nSPS) is 14.9. The van der Waals surface area contributed by atoms with Gasteiger partial charge in [0.05, 0.1) is 12.3 Å². The maximum Gasteiger partial charge on any atom is 0.222 e. The molecule has 0 unspecified atom stereocenters. The molecule has 5 nitrogen and oxygen atoms in total. The molecule has 146 valence electrons. The summed E-state index contributed by atoms with van der Waals surface area (Å²) in [5.41, 5.74) is 1.81. The summed E-state index contributed by atoms with van der Waals surface area (Å²) in [6.07, 6.45) is 6.53. The Labute approximate surface area is 165 Å². The highest BCUT2D eigenvalue weighted by Crippen LogP contribution is 2.25. The molecule has 1 aromatic heterocycles. The van der Waals surface area contributed by atoms with Gasteiger partial charge in [0.1, 0.15) is 17.4 Å². The zero-order chi connectivity index (χ0) is 19.1. The summed E-state index contributed by atoms with van der Waals surface area (Å²) in [6.45, 7) is 2.96. The van der Waals surface area contributed by atoms with Gasteiger partial charge in [0, 0.05) is 24.4 Å². The van der Waals surface area contributed by atoms with E-state index in [9.17, 15) is 4.79 Å². The van der Waals surface area contributed by atoms with Crippen molar-refractivity contribution in [2.75, 3.05) is 0 Å². The number of aliphatic hydroxyl groups excluding tert-OH is 1. The lowest BCUT2D eigenvalue weighted by Crippen LogP contribution is -2.40. The van der Waals surface area contributed by atoms with Gasteiger partial charge in [-0.1, -0.05) is 38.3 Å². The maximum absolute atomic E-state index is 12.4. The van der Waals surface area contributed by atoms with E-state index in [1.807, 2.05) is 36.6 Å². The van der Waals surface area contributed by atoms with Crippen LogP contribution in [0.25, 0.3) is 0 Å². The molecule has 1 saturated carbocycles. The largest absolute Gasteiger partial charge is 0.486 e. The molecule has 1 fully saturated rings. The average Bonchev–Trinajstić information content (AvgIpc) is 3.19. The van der Waals surface area contributed by atoms with Gasteiger partial charge < -0.3 is 14.7 Å². The Morgan fingerprint density at radius 1 is 1.26 bits per heavy atom. The van der Waals surface area contributed by atoms with Gasteiger partial charge in [-0.3, -0.25) is 4.79 Å². The maximum atomic E-state index is 12.4. The zero-order valence-corrected chi connectivity index (χ0v) is 16.7. The molecule has 0 atom stereocenters. The van der Waals surface area contributed by atoms with Gasteiger partial charge in [-0.15, -0.1) is 11.3 Å². The summed E-state index contributed by atoms with van der Waals surface area (Å²) < 4.78 is 5.78. The van der Waals surface area contributed by atoms with Gasteiger partial charge in [-0.2, -0.15) is 0 Å². The molecule has 2 aromatic rings. The van der Waals surface area contributed by atoms with Gasteiger partial charge in [-0.05, 0) is 30.5 Å². The smallest absolute Gasteiger partial charge is 0.222 e. The fourth-order valence-corrected chi connectivity index (χ4v) is 4.23. The number of hydrogen-bond acceptors (Lipinski definition) is 5. The number of thiazole rings is 1. The minimum absolute atomic E-state index is 0.0425. The summed E-state index contributed by atoms with van der Waals surface area (Å²) in [4.78, 5) is 18.8. The minimum Gasteiger partial charge on any atom is -0.486 e. The van der Waals surface area contributed by atoms with Gasteiger partial charge in [0.25, 0.3) is 0 Å². The molecule has 6 heteroatoms. The highest BCUT2D eigenvalue weighted by atomic mass is 32.1. The van der Waals surface area contributed by atoms with Crippen LogP contribution in [0.5, 0.6) is 5.75 Å². The number of ether oxygens (including phenoxy) is 1. The second-order valence-electron chi connectivity index (χ2n) is 6.99. The molecule has 1 N–H and O–H groups in total. The zero-order valence-electron chi connectivity index (χ0n) is 15.9. The third kappa shape index (κ3) is 5.53. The van der Waals surface area contributed by atoms with Crippen LogP contribution in [0.3, 0.4) is 0 Å². The lowest BCUT2D eigenvalue weighted by molar-refractivity contribution is -0.134. The van der Waals surface area contributed by atoms with Crippen LogP contribution < -0.4 is 4.74 Å². The van der Waals surface area contributed by atoms with Crippen molar-refractivity contribution in [1.82, 2.24) is 9.88 Å². The number of rotatable bonds is 8. The molecule has 1 aliphatic carbocycles. The summed E-state index contributed by atoms with van der Waals surface area (Å²) in [6, 6.07) is 8.36. The van der Waals surface area contributed by atoms with E-state index in [-0.39, 0.29) is 12.5 Å². The van der Waals surface area contributed by atoms with E-state index in [4.69, 9.17) is 9.84 Å². The van der Waals surface area contributed by atoms with Crippen molar-refractivity contribution >= 4 is 17.2 Å². The molecular formula is C21H28N2O3S. The Hall–Kier alpha value is -1.92. The van der Waals surface area contributed by atoms with E-state index in [1.54, 1.807) is 0 Å². The summed E-state index contributed by atoms with van der Waals surface area (Å²) in [7, 11) is 0. The van der Waals surface area contributed by atoms with Crippen LogP contribution in [0.2, 0.25) is 0 Å². The number of amides is 1. The summed E-state index contributed by atoms with van der Waals surface area (Å²) in [5.74, 6) is 1.02. The number of carbonyl (C=O) groups is 1. The quantitative estimate of drug-likeness (QED) is 0.733. The molecule has 1 aromatic carbocycles. The van der Waals surface area contributed by atoms with Crippen molar-refractivity contribution < 1.29 is 14.6 Å². The molecule has 0 spiro atoms. The molecule has 1 heterocycles. The van der Waals surface area contributed by atoms with Gasteiger partial charge in [0.15, 0.2) is 0 Å². The Bertz CT molecular complexity index is 723. The highest BCUT2D eigenvalue weighted by molar-refractivity contribution is 7.09. The molecule has 3 rings (SSSR count). The average molecular weight is 389 g/mol. The number of carbonyl (C=O) groups excluding carboxylic acids is 1. The number of hydrogen-bond donors (Lipinski definition) is 1. The Kier molecular flexibility index (Phi) is 7.24. The fraction of sp³-hybridized carbons (Fsp3) is 0.524. The topological polar surface area (TPSA) is 62.7 Å². The third-order valence-electron chi connectivity index (χ3n) is 5.04. The van der Waals surface area contributed by atoms with Crippen molar-refractivity contribution in [3.63, 3.8) is 0 Å². The van der Waals surface area contributed by atoms with Crippen molar-refractivity contribution in [3.05, 3.63) is 45.9 Å². The second kappa shape index (κ2) is 9.85. The Morgan fingerprint density at radius 2 is 2.00 bits per heavy atom. The first kappa shape index (κ1) is 19.8. The van der Waals surface area contributed by atoms with E-state index in [1.165, 1.54) is 30.6 Å². The molecule has 0 saturated heterocycles. The van der Waals surface area contributed by atoms with Crippen molar-refractivity contribution in [2.24, 2.45) is 0 Å². The standard InChI is InChI=1S/C21H28N2O3S/c1-2-21(25)23(18-6-4-3-5-7-18)12-16-8-10-19(11-9-16)26-14-20-22-17(13-24)15-27-20/h8-11,15,18,24H,2-7,12-14H2,1H3. The molecule has 0 aliphatic heterocycles. The Morgan fingerprint density at radius 3 is 2.63 bits per heavy atom. The predicted molar refractivity (Wildman–Crippen MR) is 107 cm³/mol. The first-order chi connectivity index (χ1) is 13.2. The van der Waals surface area contributed by atoms with Crippen LogP contribution in [0, 0.1) is 0 Å². The number of nitrogens with zero attached hydrogens (tertiary/aromatic N) is 2. The molecule has 0 radical (unpaired) electrons. The van der Waals surface area contributed by atoms with Crippen LogP contribution in [-0.4, -0.2) is 26.9 Å². The highest BCUT2D eigenvalue weighted by Gasteiger charge is 2.24. The van der Waals surface area contributed by atoms with Crippen LogP contribution in [0.15, 0.2) is 29.6 Å². The monoisotopic (exact) mass is 388 g/mol. The third-order valence-corrected chi connectivity index (χ3v) is 5.91. The van der Waals surface area contributed by atoms with Crippen molar-refractivity contribution in [2.45, 2.75) is 71.2 Å².